The Balaban J connectivity index is 1.25. The van der Waals surface area contributed by atoms with Gasteiger partial charge in [-0.2, -0.15) is 0 Å². The Morgan fingerprint density at radius 2 is 1.50 bits per heavy atom. The lowest BCUT2D eigenvalue weighted by Crippen LogP contribution is -2.22. The summed E-state index contributed by atoms with van der Waals surface area (Å²) in [5.74, 6) is 3.00. The first-order chi connectivity index (χ1) is 18.8. The molecule has 2 aromatic heterocycles. The second kappa shape index (κ2) is 9.63. The minimum atomic E-state index is 0.134. The summed E-state index contributed by atoms with van der Waals surface area (Å²) in [4.78, 5) is 24.3. The van der Waals surface area contributed by atoms with Gasteiger partial charge in [-0.15, -0.1) is 0 Å². The van der Waals surface area contributed by atoms with Gasteiger partial charge in [0.05, 0.1) is 5.69 Å². The first-order valence-corrected chi connectivity index (χ1v) is 13.1. The molecule has 1 unspecified atom stereocenters. The predicted molar refractivity (Wildman–Crippen MR) is 149 cm³/mol. The lowest BCUT2D eigenvalue weighted by atomic mass is 9.94. The van der Waals surface area contributed by atoms with Crippen LogP contribution < -0.4 is 5.32 Å². The van der Waals surface area contributed by atoms with Crippen LogP contribution in [0.15, 0.2) is 103 Å². The highest BCUT2D eigenvalue weighted by molar-refractivity contribution is 5.79. The van der Waals surface area contributed by atoms with E-state index in [1.807, 2.05) is 36.5 Å². The first kappa shape index (κ1) is 22.5. The summed E-state index contributed by atoms with van der Waals surface area (Å²) in [6, 6.07) is 18.3. The highest BCUT2D eigenvalue weighted by Gasteiger charge is 2.21. The molecule has 38 heavy (non-hydrogen) atoms. The summed E-state index contributed by atoms with van der Waals surface area (Å²) in [5.41, 5.74) is 7.52. The van der Waals surface area contributed by atoms with Crippen molar-refractivity contribution >= 4 is 5.57 Å². The van der Waals surface area contributed by atoms with Crippen LogP contribution in [-0.4, -0.2) is 24.9 Å². The summed E-state index contributed by atoms with van der Waals surface area (Å²) >= 11 is 0. The summed E-state index contributed by atoms with van der Waals surface area (Å²) in [6.07, 6.45) is 17.8. The molecule has 4 aromatic rings. The number of aromatic nitrogens is 5. The normalized spacial score (nSPS) is 17.6. The molecule has 0 saturated heterocycles. The summed E-state index contributed by atoms with van der Waals surface area (Å²) in [6.45, 7) is 0.776. The molecule has 184 valence electrons. The van der Waals surface area contributed by atoms with Crippen molar-refractivity contribution in [2.75, 3.05) is 0 Å². The standard InChI is InChI=1S/C32H26N6/c1-3-9-21(10-4-1)30-36-31(22-11-5-2-6-12-22)38-32(37-30)24-17-15-23(16-18-24)29-34-20-25-19-33-27-14-8-7-13-26(27)28(25)35-29/h1-7,9-11,13,15-18,20,22,33H,8,12,14,19H2. The number of hydrogen-bond donors (Lipinski definition) is 1. The van der Waals surface area contributed by atoms with E-state index >= 15 is 0 Å². The molecule has 0 amide bonds. The van der Waals surface area contributed by atoms with Crippen molar-refractivity contribution in [1.29, 1.82) is 0 Å². The topological polar surface area (TPSA) is 76.5 Å². The number of hydrogen-bond acceptors (Lipinski definition) is 6. The second-order valence-corrected chi connectivity index (χ2v) is 9.69. The van der Waals surface area contributed by atoms with Crippen molar-refractivity contribution in [1.82, 2.24) is 30.2 Å². The first-order valence-electron chi connectivity index (χ1n) is 13.1. The largest absolute Gasteiger partial charge is 0.384 e. The van der Waals surface area contributed by atoms with Crippen LogP contribution in [0.2, 0.25) is 0 Å². The average Bonchev–Trinajstić information content (AvgIpc) is 3.01. The van der Waals surface area contributed by atoms with Gasteiger partial charge in [-0.1, -0.05) is 91.1 Å². The molecule has 0 fully saturated rings. The summed E-state index contributed by atoms with van der Waals surface area (Å²) < 4.78 is 0. The second-order valence-electron chi connectivity index (χ2n) is 9.69. The van der Waals surface area contributed by atoms with Gasteiger partial charge in [0.15, 0.2) is 17.5 Å². The zero-order chi connectivity index (χ0) is 25.3. The van der Waals surface area contributed by atoms with Crippen molar-refractivity contribution in [2.24, 2.45) is 0 Å². The van der Waals surface area contributed by atoms with Crippen molar-refractivity contribution < 1.29 is 0 Å². The Hall–Kier alpha value is -4.71. The maximum absolute atomic E-state index is 4.98. The molecule has 6 heteroatoms. The van der Waals surface area contributed by atoms with Gasteiger partial charge in [0.1, 0.15) is 5.82 Å². The van der Waals surface area contributed by atoms with E-state index in [1.165, 1.54) is 11.3 Å². The van der Waals surface area contributed by atoms with Gasteiger partial charge in [-0.05, 0) is 19.3 Å². The molecular formula is C32H26N6. The van der Waals surface area contributed by atoms with E-state index < -0.39 is 0 Å². The third kappa shape index (κ3) is 4.24. The molecule has 1 N–H and O–H groups in total. The van der Waals surface area contributed by atoms with Gasteiger partial charge in [-0.3, -0.25) is 0 Å². The Morgan fingerprint density at radius 3 is 2.26 bits per heavy atom. The Kier molecular flexibility index (Phi) is 5.70. The van der Waals surface area contributed by atoms with Gasteiger partial charge < -0.3 is 5.32 Å². The Labute approximate surface area is 221 Å². The van der Waals surface area contributed by atoms with Crippen LogP contribution in [0.4, 0.5) is 0 Å². The molecule has 0 spiro atoms. The van der Waals surface area contributed by atoms with E-state index in [9.17, 15) is 0 Å². The quantitative estimate of drug-likeness (QED) is 0.352. The van der Waals surface area contributed by atoms with Gasteiger partial charge in [0, 0.05) is 52.2 Å². The monoisotopic (exact) mass is 494 g/mol. The van der Waals surface area contributed by atoms with Crippen molar-refractivity contribution in [3.63, 3.8) is 0 Å². The van der Waals surface area contributed by atoms with E-state index in [-0.39, 0.29) is 5.92 Å². The van der Waals surface area contributed by atoms with Crippen LogP contribution in [0.1, 0.15) is 42.3 Å². The predicted octanol–water partition coefficient (Wildman–Crippen LogP) is 6.43. The third-order valence-electron chi connectivity index (χ3n) is 7.18. The number of allylic oxidation sites excluding steroid dienone is 8. The highest BCUT2D eigenvalue weighted by atomic mass is 15.0. The molecule has 0 radical (unpaired) electrons. The number of rotatable bonds is 4. The fourth-order valence-electron chi connectivity index (χ4n) is 5.12. The molecule has 2 aromatic carbocycles. The zero-order valence-electron chi connectivity index (χ0n) is 20.9. The lowest BCUT2D eigenvalue weighted by Gasteiger charge is -2.24. The fourth-order valence-corrected chi connectivity index (χ4v) is 5.12. The van der Waals surface area contributed by atoms with Crippen molar-refractivity contribution in [3.8, 4) is 34.2 Å². The SMILES string of the molecule is C1=CCC(c2nc(-c3ccccc3)nc(-c3ccc(-c4ncc5c(n4)C4=C(CCC=C4)NC5)cc3)n2)C=C1. The van der Waals surface area contributed by atoms with Crippen LogP contribution in [0.5, 0.6) is 0 Å². The maximum atomic E-state index is 4.98. The molecule has 3 aliphatic rings. The summed E-state index contributed by atoms with van der Waals surface area (Å²) in [5, 5.41) is 3.53. The van der Waals surface area contributed by atoms with Gasteiger partial charge in [0.25, 0.3) is 0 Å². The molecule has 1 aliphatic heterocycles. The minimum Gasteiger partial charge on any atom is -0.384 e. The van der Waals surface area contributed by atoms with E-state index in [1.54, 1.807) is 0 Å². The van der Waals surface area contributed by atoms with E-state index in [0.717, 1.165) is 65.4 Å². The number of benzene rings is 2. The summed E-state index contributed by atoms with van der Waals surface area (Å²) in [7, 11) is 0. The number of fused-ring (bicyclic) bond motifs is 2. The smallest absolute Gasteiger partial charge is 0.163 e. The molecule has 6 nitrogen and oxygen atoms in total. The molecule has 1 atom stereocenters. The Morgan fingerprint density at radius 1 is 0.737 bits per heavy atom. The van der Waals surface area contributed by atoms with Gasteiger partial charge >= 0.3 is 0 Å². The Bertz CT molecular complexity index is 1630. The van der Waals surface area contributed by atoms with E-state index in [0.29, 0.717) is 11.6 Å². The molecule has 7 rings (SSSR count). The van der Waals surface area contributed by atoms with Crippen molar-refractivity contribution in [2.45, 2.75) is 31.7 Å². The third-order valence-corrected chi connectivity index (χ3v) is 7.18. The lowest BCUT2D eigenvalue weighted by molar-refractivity contribution is 0.725. The van der Waals surface area contributed by atoms with Gasteiger partial charge in [-0.25, -0.2) is 24.9 Å². The number of nitrogens with one attached hydrogen (secondary N) is 1. The number of nitrogens with zero attached hydrogens (tertiary/aromatic N) is 5. The van der Waals surface area contributed by atoms with E-state index in [4.69, 9.17) is 19.9 Å². The molecule has 0 saturated carbocycles. The maximum Gasteiger partial charge on any atom is 0.163 e. The van der Waals surface area contributed by atoms with Gasteiger partial charge in [0.2, 0.25) is 0 Å². The molecule has 0 bridgehead atoms. The average molecular weight is 495 g/mol. The van der Waals surface area contributed by atoms with Crippen LogP contribution in [0, 0.1) is 0 Å². The minimum absolute atomic E-state index is 0.134. The molecular weight excluding hydrogens is 468 g/mol. The van der Waals surface area contributed by atoms with E-state index in [2.05, 4.69) is 71.0 Å². The highest BCUT2D eigenvalue weighted by Crippen LogP contribution is 2.32. The molecule has 3 heterocycles. The molecule has 2 aliphatic carbocycles. The fraction of sp³-hybridized carbons (Fsp3) is 0.156. The van der Waals surface area contributed by atoms with Crippen LogP contribution in [0.25, 0.3) is 39.7 Å². The van der Waals surface area contributed by atoms with Crippen LogP contribution in [0.3, 0.4) is 0 Å². The van der Waals surface area contributed by atoms with Crippen LogP contribution in [-0.2, 0) is 6.54 Å². The zero-order valence-corrected chi connectivity index (χ0v) is 20.9. The van der Waals surface area contributed by atoms with Crippen LogP contribution >= 0.6 is 0 Å². The van der Waals surface area contributed by atoms with Crippen molar-refractivity contribution in [3.05, 3.63) is 120 Å².